The quantitative estimate of drug-likeness (QED) is 0.615. The molecule has 122 valence electrons. The van der Waals surface area contributed by atoms with Gasteiger partial charge in [0.05, 0.1) is 4.90 Å². The summed E-state index contributed by atoms with van der Waals surface area (Å²) in [6.07, 6.45) is 1.48. The number of aromatic nitrogens is 1. The van der Waals surface area contributed by atoms with Crippen molar-refractivity contribution in [2.45, 2.75) is 11.5 Å². The maximum atomic E-state index is 12.4. The first kappa shape index (κ1) is 19.5. The first-order chi connectivity index (χ1) is 11.6. The predicted octanol–water partition coefficient (Wildman–Crippen LogP) is 1.06. The SMILES string of the molecule is O=S(=O)([N-]c1ncccc1OCc1ccccc1)c1ccccc1.[Na+]. The van der Waals surface area contributed by atoms with Crippen LogP contribution in [0.25, 0.3) is 4.72 Å². The van der Waals surface area contributed by atoms with Crippen LogP contribution >= 0.6 is 0 Å². The molecule has 1 aromatic heterocycles. The van der Waals surface area contributed by atoms with E-state index in [2.05, 4.69) is 9.71 Å². The van der Waals surface area contributed by atoms with Gasteiger partial charge >= 0.3 is 29.6 Å². The molecule has 0 saturated heterocycles. The molecule has 0 fully saturated rings. The van der Waals surface area contributed by atoms with Crippen LogP contribution in [0.4, 0.5) is 5.82 Å². The topological polar surface area (TPSA) is 70.4 Å². The minimum atomic E-state index is -3.84. The molecule has 0 aliphatic carbocycles. The molecule has 2 aromatic carbocycles. The van der Waals surface area contributed by atoms with Crippen molar-refractivity contribution in [3.05, 3.63) is 89.3 Å². The first-order valence-electron chi connectivity index (χ1n) is 7.30. The van der Waals surface area contributed by atoms with Crippen LogP contribution in [-0.2, 0) is 16.6 Å². The third kappa shape index (κ3) is 5.31. The minimum Gasteiger partial charge on any atom is -0.489 e. The number of sulfonamides is 1. The van der Waals surface area contributed by atoms with Crippen molar-refractivity contribution in [2.75, 3.05) is 0 Å². The van der Waals surface area contributed by atoms with Crippen LogP contribution in [0.1, 0.15) is 5.56 Å². The summed E-state index contributed by atoms with van der Waals surface area (Å²) in [6, 6.07) is 20.9. The van der Waals surface area contributed by atoms with Crippen molar-refractivity contribution < 1.29 is 42.7 Å². The van der Waals surface area contributed by atoms with Crippen LogP contribution in [0.15, 0.2) is 83.9 Å². The Morgan fingerprint density at radius 2 is 1.52 bits per heavy atom. The van der Waals surface area contributed by atoms with Gasteiger partial charge in [0.2, 0.25) is 10.0 Å². The van der Waals surface area contributed by atoms with E-state index in [1.807, 2.05) is 30.3 Å². The summed E-state index contributed by atoms with van der Waals surface area (Å²) in [6.45, 7) is 0.306. The minimum absolute atomic E-state index is 0. The van der Waals surface area contributed by atoms with Gasteiger partial charge in [-0.05, 0) is 29.6 Å². The Kier molecular flexibility index (Phi) is 7.01. The van der Waals surface area contributed by atoms with E-state index >= 15 is 0 Å². The van der Waals surface area contributed by atoms with Crippen molar-refractivity contribution >= 4 is 15.8 Å². The average Bonchev–Trinajstić information content (AvgIpc) is 2.62. The molecule has 25 heavy (non-hydrogen) atoms. The molecule has 0 radical (unpaired) electrons. The van der Waals surface area contributed by atoms with Crippen molar-refractivity contribution in [3.8, 4) is 5.75 Å². The van der Waals surface area contributed by atoms with Gasteiger partial charge in [-0.25, -0.2) is 8.42 Å². The van der Waals surface area contributed by atoms with Crippen LogP contribution in [0, 0.1) is 0 Å². The van der Waals surface area contributed by atoms with E-state index in [9.17, 15) is 8.42 Å². The van der Waals surface area contributed by atoms with Gasteiger partial charge in [-0.2, -0.15) is 0 Å². The Morgan fingerprint density at radius 1 is 0.880 bits per heavy atom. The largest absolute Gasteiger partial charge is 1.00 e. The molecule has 3 aromatic rings. The molecule has 0 aliphatic heterocycles. The van der Waals surface area contributed by atoms with Crippen molar-refractivity contribution in [2.24, 2.45) is 0 Å². The van der Waals surface area contributed by atoms with Gasteiger partial charge in [-0.3, -0.25) is 0 Å². The third-order valence-electron chi connectivity index (χ3n) is 3.24. The summed E-state index contributed by atoms with van der Waals surface area (Å²) in [5.74, 6) is 0.359. The van der Waals surface area contributed by atoms with Gasteiger partial charge in [0.1, 0.15) is 12.4 Å². The van der Waals surface area contributed by atoms with E-state index in [-0.39, 0.29) is 40.3 Å². The van der Waals surface area contributed by atoms with Gasteiger partial charge < -0.3 is 14.4 Å². The number of hydrogen-bond donors (Lipinski definition) is 0. The van der Waals surface area contributed by atoms with Gasteiger partial charge in [-0.1, -0.05) is 60.8 Å². The van der Waals surface area contributed by atoms with E-state index < -0.39 is 10.0 Å². The van der Waals surface area contributed by atoms with Gasteiger partial charge in [-0.15, -0.1) is 0 Å². The van der Waals surface area contributed by atoms with E-state index in [0.717, 1.165) is 5.56 Å². The molecular formula is C18H15N2NaO3S. The molecule has 7 heteroatoms. The summed E-state index contributed by atoms with van der Waals surface area (Å²) in [7, 11) is -3.84. The molecule has 0 N–H and O–H groups in total. The third-order valence-corrected chi connectivity index (χ3v) is 4.52. The predicted molar refractivity (Wildman–Crippen MR) is 91.7 cm³/mol. The van der Waals surface area contributed by atoms with Gasteiger partial charge in [0.25, 0.3) is 0 Å². The zero-order chi connectivity index (χ0) is 16.8. The first-order valence-corrected chi connectivity index (χ1v) is 8.74. The molecule has 0 spiro atoms. The molecule has 5 nitrogen and oxygen atoms in total. The fraction of sp³-hybridized carbons (Fsp3) is 0.0556. The summed E-state index contributed by atoms with van der Waals surface area (Å²) in [4.78, 5) is 4.15. The summed E-state index contributed by atoms with van der Waals surface area (Å²) < 4.78 is 34.2. The Bertz CT molecular complexity index is 904. The molecule has 0 amide bonds. The van der Waals surface area contributed by atoms with Crippen LogP contribution < -0.4 is 34.3 Å². The van der Waals surface area contributed by atoms with E-state index in [1.165, 1.54) is 18.3 Å². The Hall–Kier alpha value is -1.86. The number of ether oxygens (including phenoxy) is 1. The second kappa shape index (κ2) is 9.01. The molecule has 3 rings (SSSR count). The zero-order valence-electron chi connectivity index (χ0n) is 13.7. The number of benzene rings is 2. The fourth-order valence-electron chi connectivity index (χ4n) is 2.06. The van der Waals surface area contributed by atoms with Crippen LogP contribution in [0.2, 0.25) is 0 Å². The molecule has 0 bridgehead atoms. The monoisotopic (exact) mass is 362 g/mol. The molecule has 0 saturated carbocycles. The summed E-state index contributed by atoms with van der Waals surface area (Å²) >= 11 is 0. The summed E-state index contributed by atoms with van der Waals surface area (Å²) in [5, 5.41) is 0. The summed E-state index contributed by atoms with van der Waals surface area (Å²) in [5.41, 5.74) is 0.971. The van der Waals surface area contributed by atoms with E-state index in [0.29, 0.717) is 12.4 Å². The molecular weight excluding hydrogens is 347 g/mol. The Balaban J connectivity index is 0.00000225. The van der Waals surface area contributed by atoms with Crippen LogP contribution in [-0.4, -0.2) is 13.4 Å². The Morgan fingerprint density at radius 3 is 2.20 bits per heavy atom. The maximum absolute atomic E-state index is 12.4. The van der Waals surface area contributed by atoms with E-state index in [1.54, 1.807) is 30.3 Å². The molecule has 0 aliphatic rings. The smallest absolute Gasteiger partial charge is 0.489 e. The molecule has 0 unspecified atom stereocenters. The number of hydrogen-bond acceptors (Lipinski definition) is 4. The van der Waals surface area contributed by atoms with Gasteiger partial charge in [0, 0.05) is 0 Å². The average molecular weight is 362 g/mol. The second-order valence-electron chi connectivity index (χ2n) is 4.98. The number of nitrogens with zero attached hydrogens (tertiary/aromatic N) is 2. The van der Waals surface area contributed by atoms with Crippen molar-refractivity contribution in [3.63, 3.8) is 0 Å². The van der Waals surface area contributed by atoms with Crippen molar-refractivity contribution in [1.29, 1.82) is 0 Å². The Labute approximate surface area is 169 Å². The normalized spacial score (nSPS) is 10.6. The maximum Gasteiger partial charge on any atom is 1.00 e. The van der Waals surface area contributed by atoms with E-state index in [4.69, 9.17) is 4.74 Å². The van der Waals surface area contributed by atoms with Gasteiger partial charge in [0.15, 0.2) is 0 Å². The molecule has 0 atom stereocenters. The van der Waals surface area contributed by atoms with Crippen LogP contribution in [0.3, 0.4) is 0 Å². The second-order valence-corrected chi connectivity index (χ2v) is 6.58. The fourth-order valence-corrected chi connectivity index (χ4v) is 3.03. The zero-order valence-corrected chi connectivity index (χ0v) is 16.6. The number of pyridine rings is 1. The number of rotatable bonds is 6. The van der Waals surface area contributed by atoms with Crippen LogP contribution in [0.5, 0.6) is 5.75 Å². The molecule has 1 heterocycles. The standard InChI is InChI=1S/C18H15N2O3S.Na/c21-24(22,16-10-5-2-6-11-16)20-18-17(12-7-13-19-18)23-14-15-8-3-1-4-9-15;/h1-13H,14H2;/q-1;+1. The van der Waals surface area contributed by atoms with Crippen molar-refractivity contribution in [1.82, 2.24) is 4.98 Å².